The molecular formula is C29H24N4O2S. The highest BCUT2D eigenvalue weighted by Gasteiger charge is 2.35. The van der Waals surface area contributed by atoms with Crippen LogP contribution in [0, 0.1) is 0 Å². The van der Waals surface area contributed by atoms with Crippen LogP contribution in [0.3, 0.4) is 0 Å². The van der Waals surface area contributed by atoms with Crippen molar-refractivity contribution in [1.29, 1.82) is 0 Å². The molecular weight excluding hydrogens is 468 g/mol. The van der Waals surface area contributed by atoms with Crippen LogP contribution in [-0.2, 0) is 35.5 Å². The lowest BCUT2D eigenvalue weighted by atomic mass is 9.96. The summed E-state index contributed by atoms with van der Waals surface area (Å²) in [6.45, 7) is 1.60. The number of carbonyl (C=O) groups is 2. The maximum Gasteiger partial charge on any atom is 0.172 e. The molecule has 0 saturated heterocycles. The summed E-state index contributed by atoms with van der Waals surface area (Å²) >= 11 is 1.90. The Hall–Kier alpha value is -3.84. The maximum absolute atomic E-state index is 13.3. The summed E-state index contributed by atoms with van der Waals surface area (Å²) < 4.78 is 4.28. The zero-order valence-corrected chi connectivity index (χ0v) is 20.6. The normalized spacial score (nSPS) is 16.7. The Bertz CT molecular complexity index is 1600. The molecule has 0 saturated carbocycles. The van der Waals surface area contributed by atoms with Gasteiger partial charge in [0.1, 0.15) is 11.3 Å². The summed E-state index contributed by atoms with van der Waals surface area (Å²) in [6.07, 6.45) is 11.5. The smallest absolute Gasteiger partial charge is 0.172 e. The van der Waals surface area contributed by atoms with Crippen LogP contribution in [0.25, 0.3) is 33.2 Å². The monoisotopic (exact) mass is 492 g/mol. The third-order valence-corrected chi connectivity index (χ3v) is 8.50. The van der Waals surface area contributed by atoms with Gasteiger partial charge >= 0.3 is 0 Å². The van der Waals surface area contributed by atoms with Gasteiger partial charge in [-0.25, -0.2) is 9.97 Å². The van der Waals surface area contributed by atoms with Crippen LogP contribution in [-0.4, -0.2) is 30.7 Å². The molecule has 0 atom stereocenters. The van der Waals surface area contributed by atoms with Crippen molar-refractivity contribution in [3.63, 3.8) is 0 Å². The predicted molar refractivity (Wildman–Crippen MR) is 142 cm³/mol. The van der Waals surface area contributed by atoms with E-state index in [-0.39, 0.29) is 18.0 Å². The number of allylic oxidation sites excluding steroid dienone is 2. The second kappa shape index (κ2) is 8.38. The first kappa shape index (κ1) is 21.4. The topological polar surface area (TPSA) is 69.8 Å². The van der Waals surface area contributed by atoms with E-state index in [1.54, 1.807) is 12.4 Å². The van der Waals surface area contributed by atoms with E-state index in [2.05, 4.69) is 31.2 Å². The molecule has 0 spiro atoms. The highest BCUT2D eigenvalue weighted by Crippen LogP contribution is 2.41. The molecule has 7 heteroatoms. The molecule has 6 nitrogen and oxygen atoms in total. The first-order valence-electron chi connectivity index (χ1n) is 12.4. The molecule has 5 aromatic heterocycles. The van der Waals surface area contributed by atoms with Crippen LogP contribution in [0.15, 0.2) is 61.2 Å². The van der Waals surface area contributed by atoms with Crippen molar-refractivity contribution in [2.45, 2.75) is 45.2 Å². The molecule has 0 unspecified atom stereocenters. The standard InChI is InChI=1S/C29H24N4O2S/c34-24-15-25(35)27-23-17-33(29-21(23)8-2-12-31-29)14-4-6-19-10-9-18(36-19)5-3-13-32-16-22(26(24)27)20-7-1-11-30-28(20)32/h1-2,7-12,16-17H,3-6,13-15H2. The number of hydrogen-bond acceptors (Lipinski definition) is 5. The van der Waals surface area contributed by atoms with Crippen molar-refractivity contribution in [1.82, 2.24) is 19.1 Å². The number of aromatic nitrogens is 4. The summed E-state index contributed by atoms with van der Waals surface area (Å²) in [5.74, 6) is -0.238. The van der Waals surface area contributed by atoms with Crippen LogP contribution >= 0.6 is 11.3 Å². The minimum Gasteiger partial charge on any atom is -0.332 e. The Kier molecular flexibility index (Phi) is 4.99. The van der Waals surface area contributed by atoms with Gasteiger partial charge in [0.25, 0.3) is 0 Å². The molecule has 0 amide bonds. The van der Waals surface area contributed by atoms with Gasteiger partial charge in [-0.15, -0.1) is 11.3 Å². The number of thiophene rings is 1. The minimum atomic E-state index is -0.119. The van der Waals surface area contributed by atoms with Crippen molar-refractivity contribution < 1.29 is 9.59 Å². The number of ketones is 2. The highest BCUT2D eigenvalue weighted by molar-refractivity contribution is 7.11. The van der Waals surface area contributed by atoms with Crippen LogP contribution < -0.4 is 0 Å². The number of fused-ring (bicyclic) bond motifs is 14. The van der Waals surface area contributed by atoms with E-state index in [1.165, 1.54) is 9.75 Å². The zero-order chi connectivity index (χ0) is 24.2. The Morgan fingerprint density at radius 1 is 0.694 bits per heavy atom. The summed E-state index contributed by atoms with van der Waals surface area (Å²) in [5.41, 5.74) is 4.35. The molecule has 178 valence electrons. The van der Waals surface area contributed by atoms with Crippen molar-refractivity contribution in [2.24, 2.45) is 0 Å². The van der Waals surface area contributed by atoms with E-state index in [0.717, 1.165) is 72.0 Å². The molecule has 36 heavy (non-hydrogen) atoms. The quantitative estimate of drug-likeness (QED) is 0.269. The van der Waals surface area contributed by atoms with Gasteiger partial charge in [-0.2, -0.15) is 0 Å². The van der Waals surface area contributed by atoms with Gasteiger partial charge in [-0.1, -0.05) is 0 Å². The molecule has 0 aromatic carbocycles. The first-order chi connectivity index (χ1) is 17.7. The number of rotatable bonds is 0. The number of carbonyl (C=O) groups excluding carboxylic acids is 2. The van der Waals surface area contributed by atoms with Crippen LogP contribution in [0.4, 0.5) is 0 Å². The Labute approximate surface area is 211 Å². The Morgan fingerprint density at radius 3 is 1.69 bits per heavy atom. The van der Waals surface area contributed by atoms with E-state index in [9.17, 15) is 9.59 Å². The molecule has 5 aromatic rings. The zero-order valence-electron chi connectivity index (χ0n) is 19.7. The lowest BCUT2D eigenvalue weighted by Gasteiger charge is -2.04. The van der Waals surface area contributed by atoms with Crippen molar-refractivity contribution in [3.8, 4) is 0 Å². The summed E-state index contributed by atoms with van der Waals surface area (Å²) in [6, 6.07) is 12.3. The first-order valence-corrected chi connectivity index (χ1v) is 13.3. The molecule has 0 fully saturated rings. The molecule has 6 bridgehead atoms. The van der Waals surface area contributed by atoms with Crippen molar-refractivity contribution >= 4 is 56.1 Å². The van der Waals surface area contributed by atoms with Gasteiger partial charge in [-0.3, -0.25) is 9.59 Å². The summed E-state index contributed by atoms with van der Waals surface area (Å²) in [5, 5.41) is 1.82. The third-order valence-electron chi connectivity index (χ3n) is 7.30. The molecule has 6 heterocycles. The largest absolute Gasteiger partial charge is 0.332 e. The predicted octanol–water partition coefficient (Wildman–Crippen LogP) is 5.48. The van der Waals surface area contributed by atoms with E-state index in [1.807, 2.05) is 48.0 Å². The lowest BCUT2D eigenvalue weighted by molar-refractivity contribution is -0.119. The maximum atomic E-state index is 13.3. The highest BCUT2D eigenvalue weighted by atomic mass is 32.1. The van der Waals surface area contributed by atoms with Crippen LogP contribution in [0.5, 0.6) is 0 Å². The summed E-state index contributed by atoms with van der Waals surface area (Å²) in [7, 11) is 0. The fourth-order valence-electron chi connectivity index (χ4n) is 5.69. The van der Waals surface area contributed by atoms with Gasteiger partial charge in [0.2, 0.25) is 0 Å². The average Bonchev–Trinajstić information content (AvgIpc) is 3.64. The van der Waals surface area contributed by atoms with E-state index >= 15 is 0 Å². The van der Waals surface area contributed by atoms with Gasteiger partial charge in [0.15, 0.2) is 11.6 Å². The molecule has 0 N–H and O–H groups in total. The fraction of sp³-hybridized carbons (Fsp3) is 0.241. The van der Waals surface area contributed by atoms with E-state index in [4.69, 9.17) is 0 Å². The van der Waals surface area contributed by atoms with Gasteiger partial charge in [-0.05, 0) is 62.1 Å². The molecule has 7 rings (SSSR count). The molecule has 2 aliphatic rings. The number of hydrogen-bond donors (Lipinski definition) is 0. The van der Waals surface area contributed by atoms with E-state index in [0.29, 0.717) is 11.1 Å². The number of pyridine rings is 2. The van der Waals surface area contributed by atoms with Gasteiger partial charge in [0.05, 0.1) is 6.42 Å². The van der Waals surface area contributed by atoms with Crippen LogP contribution in [0.2, 0.25) is 0 Å². The number of Topliss-reactive ketones (excluding diaryl/α,β-unsaturated/α-hetero) is 2. The molecule has 1 aliphatic carbocycles. The van der Waals surface area contributed by atoms with Crippen molar-refractivity contribution in [2.75, 3.05) is 0 Å². The van der Waals surface area contributed by atoms with Crippen LogP contribution in [0.1, 0.15) is 40.1 Å². The number of nitrogens with zero attached hydrogens (tertiary/aromatic N) is 4. The molecule has 1 aliphatic heterocycles. The Balaban J connectivity index is 1.49. The average molecular weight is 493 g/mol. The minimum absolute atomic E-state index is 0.0932. The second-order valence-electron chi connectivity index (χ2n) is 9.57. The number of aryl methyl sites for hydroxylation is 4. The molecule has 0 radical (unpaired) electrons. The summed E-state index contributed by atoms with van der Waals surface area (Å²) in [4.78, 5) is 38.8. The Morgan fingerprint density at radius 2 is 1.19 bits per heavy atom. The third kappa shape index (κ3) is 3.38. The lowest BCUT2D eigenvalue weighted by Crippen LogP contribution is -1.99. The van der Waals surface area contributed by atoms with E-state index < -0.39 is 0 Å². The fourth-order valence-corrected chi connectivity index (χ4v) is 6.80. The van der Waals surface area contributed by atoms with Gasteiger partial charge in [0, 0.05) is 80.7 Å². The SMILES string of the molecule is O=C1CC(=O)C2=C1c1cn(c3ncccc13)CCCc1ccc(s1)CCCn1cc2c2cccnc21. The van der Waals surface area contributed by atoms with Gasteiger partial charge < -0.3 is 9.13 Å². The second-order valence-corrected chi connectivity index (χ2v) is 10.8. The van der Waals surface area contributed by atoms with Crippen molar-refractivity contribution in [3.05, 3.63) is 82.1 Å².